The summed E-state index contributed by atoms with van der Waals surface area (Å²) in [6.07, 6.45) is 0. The van der Waals surface area contributed by atoms with Gasteiger partial charge in [-0.15, -0.1) is 0 Å². The van der Waals surface area contributed by atoms with E-state index >= 15 is 0 Å². The molecule has 0 saturated heterocycles. The first kappa shape index (κ1) is 12.9. The Morgan fingerprint density at radius 2 is 1.83 bits per heavy atom. The average Bonchev–Trinajstić information content (AvgIpc) is 2.35. The third kappa shape index (κ3) is 2.50. The number of nitrogens with zero attached hydrogens (tertiary/aromatic N) is 1. The normalized spacial score (nSPS) is 9.89. The minimum Gasteiger partial charge on any atom is -0.354 e. The molecule has 0 heterocycles. The molecule has 0 aromatic heterocycles. The van der Waals surface area contributed by atoms with Crippen LogP contribution in [-0.2, 0) is 0 Å². The van der Waals surface area contributed by atoms with Gasteiger partial charge in [0.1, 0.15) is 6.07 Å². The highest BCUT2D eigenvalue weighted by molar-refractivity contribution is 9.10. The molecule has 0 aliphatic heterocycles. The highest BCUT2D eigenvalue weighted by Gasteiger charge is 2.08. The zero-order valence-corrected chi connectivity index (χ0v) is 12.0. The maximum Gasteiger partial charge on any atom is 0.103 e. The molecule has 0 radical (unpaired) electrons. The molecule has 0 spiro atoms. The van der Waals surface area contributed by atoms with Gasteiger partial charge < -0.3 is 5.32 Å². The Morgan fingerprint density at radius 3 is 2.56 bits per heavy atom. The molecule has 0 saturated carbocycles. The van der Waals surface area contributed by atoms with E-state index in [4.69, 9.17) is 16.9 Å². The summed E-state index contributed by atoms with van der Waals surface area (Å²) in [5.41, 5.74) is 3.20. The molecule has 90 valence electrons. The first-order valence-corrected chi connectivity index (χ1v) is 6.51. The summed E-state index contributed by atoms with van der Waals surface area (Å²) in [7, 11) is 0. The van der Waals surface area contributed by atoms with E-state index in [9.17, 15) is 0 Å². The first-order valence-electron chi connectivity index (χ1n) is 5.34. The molecule has 0 aliphatic rings. The molecule has 2 aromatic rings. The Hall–Kier alpha value is -1.50. The summed E-state index contributed by atoms with van der Waals surface area (Å²) in [5, 5.41) is 12.8. The van der Waals surface area contributed by atoms with Gasteiger partial charge in [0.25, 0.3) is 0 Å². The largest absolute Gasteiger partial charge is 0.354 e. The lowest BCUT2D eigenvalue weighted by atomic mass is 10.1. The molecule has 0 bridgehead atoms. The van der Waals surface area contributed by atoms with Gasteiger partial charge in [0.05, 0.1) is 16.3 Å². The van der Waals surface area contributed by atoms with Crippen LogP contribution in [0, 0.1) is 18.3 Å². The van der Waals surface area contributed by atoms with Crippen LogP contribution in [0.25, 0.3) is 0 Å². The highest BCUT2D eigenvalue weighted by atomic mass is 79.9. The van der Waals surface area contributed by atoms with E-state index in [0.717, 1.165) is 15.7 Å². The van der Waals surface area contributed by atoms with Gasteiger partial charge in [0, 0.05) is 10.2 Å². The SMILES string of the molecule is Cc1c(Br)cccc1Nc1cccc(Cl)c1C#N. The highest BCUT2D eigenvalue weighted by Crippen LogP contribution is 2.30. The van der Waals surface area contributed by atoms with Crippen LogP contribution >= 0.6 is 27.5 Å². The molecule has 4 heteroatoms. The van der Waals surface area contributed by atoms with Crippen LogP contribution < -0.4 is 5.32 Å². The minimum absolute atomic E-state index is 0.454. The molecular weight excluding hydrogens is 312 g/mol. The lowest BCUT2D eigenvalue weighted by Gasteiger charge is -2.12. The summed E-state index contributed by atoms with van der Waals surface area (Å²) in [6.45, 7) is 2.00. The molecule has 0 amide bonds. The van der Waals surface area contributed by atoms with Gasteiger partial charge in [0.15, 0.2) is 0 Å². The van der Waals surface area contributed by atoms with Crippen molar-refractivity contribution in [2.45, 2.75) is 6.92 Å². The van der Waals surface area contributed by atoms with Crippen molar-refractivity contribution in [1.29, 1.82) is 5.26 Å². The van der Waals surface area contributed by atoms with E-state index in [1.807, 2.05) is 37.3 Å². The molecule has 18 heavy (non-hydrogen) atoms. The maximum absolute atomic E-state index is 9.12. The molecule has 0 atom stereocenters. The van der Waals surface area contributed by atoms with Gasteiger partial charge in [-0.2, -0.15) is 5.26 Å². The van der Waals surface area contributed by atoms with Gasteiger partial charge >= 0.3 is 0 Å². The van der Waals surface area contributed by atoms with E-state index in [1.54, 1.807) is 6.07 Å². The van der Waals surface area contributed by atoms with Crippen LogP contribution in [0.2, 0.25) is 5.02 Å². The number of nitriles is 1. The van der Waals surface area contributed by atoms with E-state index < -0.39 is 0 Å². The van der Waals surface area contributed by atoms with Crippen molar-refractivity contribution in [3.63, 3.8) is 0 Å². The van der Waals surface area contributed by atoms with Crippen LogP contribution in [0.15, 0.2) is 40.9 Å². The predicted octanol–water partition coefficient (Wildman–Crippen LogP) is 5.03. The predicted molar refractivity (Wildman–Crippen MR) is 78.3 cm³/mol. The summed E-state index contributed by atoms with van der Waals surface area (Å²) in [5.74, 6) is 0. The molecule has 0 aliphatic carbocycles. The lowest BCUT2D eigenvalue weighted by Crippen LogP contribution is -1.96. The van der Waals surface area contributed by atoms with E-state index in [1.165, 1.54) is 0 Å². The van der Waals surface area contributed by atoms with Gasteiger partial charge in [-0.05, 0) is 36.8 Å². The number of nitrogens with one attached hydrogen (secondary N) is 1. The van der Waals surface area contributed by atoms with Crippen LogP contribution in [0.1, 0.15) is 11.1 Å². The third-order valence-electron chi connectivity index (χ3n) is 2.66. The van der Waals surface area contributed by atoms with Crippen LogP contribution in [-0.4, -0.2) is 0 Å². The third-order valence-corrected chi connectivity index (χ3v) is 3.84. The number of rotatable bonds is 2. The summed E-state index contributed by atoms with van der Waals surface area (Å²) in [6, 6.07) is 13.4. The molecule has 0 unspecified atom stereocenters. The maximum atomic E-state index is 9.12. The zero-order valence-electron chi connectivity index (χ0n) is 9.67. The second-order valence-electron chi connectivity index (χ2n) is 3.81. The van der Waals surface area contributed by atoms with E-state index in [0.29, 0.717) is 16.3 Å². The van der Waals surface area contributed by atoms with Crippen molar-refractivity contribution >= 4 is 38.9 Å². The summed E-state index contributed by atoms with van der Waals surface area (Å²) >= 11 is 9.47. The monoisotopic (exact) mass is 320 g/mol. The molecule has 1 N–H and O–H groups in total. The second kappa shape index (κ2) is 5.43. The Labute approximate surface area is 119 Å². The summed E-state index contributed by atoms with van der Waals surface area (Å²) in [4.78, 5) is 0. The second-order valence-corrected chi connectivity index (χ2v) is 5.07. The topological polar surface area (TPSA) is 35.8 Å². The molecular formula is C14H10BrClN2. The van der Waals surface area contributed by atoms with Crippen molar-refractivity contribution in [2.24, 2.45) is 0 Å². The fourth-order valence-electron chi connectivity index (χ4n) is 1.63. The Morgan fingerprint density at radius 1 is 1.17 bits per heavy atom. The number of halogens is 2. The average molecular weight is 322 g/mol. The Bertz CT molecular complexity index is 632. The Kier molecular flexibility index (Phi) is 3.90. The quantitative estimate of drug-likeness (QED) is 0.842. The molecule has 2 nitrogen and oxygen atoms in total. The molecule has 0 fully saturated rings. The van der Waals surface area contributed by atoms with Crippen LogP contribution in [0.5, 0.6) is 0 Å². The fraction of sp³-hybridized carbons (Fsp3) is 0.0714. The summed E-state index contributed by atoms with van der Waals surface area (Å²) < 4.78 is 1.02. The lowest BCUT2D eigenvalue weighted by molar-refractivity contribution is 1.39. The number of benzene rings is 2. The number of hydrogen-bond donors (Lipinski definition) is 1. The smallest absolute Gasteiger partial charge is 0.103 e. The van der Waals surface area contributed by atoms with E-state index in [-0.39, 0.29) is 0 Å². The first-order chi connectivity index (χ1) is 8.63. The van der Waals surface area contributed by atoms with E-state index in [2.05, 4.69) is 27.3 Å². The van der Waals surface area contributed by atoms with Crippen molar-refractivity contribution < 1.29 is 0 Å². The van der Waals surface area contributed by atoms with Crippen molar-refractivity contribution in [2.75, 3.05) is 5.32 Å². The Balaban J connectivity index is 2.44. The fourth-order valence-corrected chi connectivity index (χ4v) is 2.21. The van der Waals surface area contributed by atoms with Crippen molar-refractivity contribution in [1.82, 2.24) is 0 Å². The van der Waals surface area contributed by atoms with Gasteiger partial charge in [-0.25, -0.2) is 0 Å². The zero-order chi connectivity index (χ0) is 13.1. The minimum atomic E-state index is 0.454. The van der Waals surface area contributed by atoms with Crippen LogP contribution in [0.3, 0.4) is 0 Å². The van der Waals surface area contributed by atoms with Gasteiger partial charge in [0.2, 0.25) is 0 Å². The number of anilines is 2. The molecule has 2 aromatic carbocycles. The van der Waals surface area contributed by atoms with Crippen molar-refractivity contribution in [3.05, 3.63) is 57.0 Å². The van der Waals surface area contributed by atoms with Gasteiger partial charge in [-0.3, -0.25) is 0 Å². The van der Waals surface area contributed by atoms with Gasteiger partial charge in [-0.1, -0.05) is 39.7 Å². The van der Waals surface area contributed by atoms with Crippen LogP contribution in [0.4, 0.5) is 11.4 Å². The number of hydrogen-bond acceptors (Lipinski definition) is 2. The standard InChI is InChI=1S/C14H10BrClN2/c1-9-11(15)4-2-6-13(9)18-14-7-3-5-12(16)10(14)8-17/h2-7,18H,1H3. The molecule has 2 rings (SSSR count). The van der Waals surface area contributed by atoms with Crippen molar-refractivity contribution in [3.8, 4) is 6.07 Å².